The van der Waals surface area contributed by atoms with Crippen molar-refractivity contribution in [3.63, 3.8) is 0 Å². The number of nitrogens with one attached hydrogen (secondary N) is 1. The van der Waals surface area contributed by atoms with Crippen LogP contribution in [-0.4, -0.2) is 39.7 Å². The molecule has 1 aliphatic rings. The molecule has 1 amide bonds. The highest BCUT2D eigenvalue weighted by Crippen LogP contribution is 2.24. The van der Waals surface area contributed by atoms with Gasteiger partial charge in [0.1, 0.15) is 29.3 Å². The zero-order chi connectivity index (χ0) is 24.0. The third-order valence-electron chi connectivity index (χ3n) is 4.96. The van der Waals surface area contributed by atoms with Crippen LogP contribution in [-0.2, 0) is 20.7 Å². The summed E-state index contributed by atoms with van der Waals surface area (Å²) in [6.07, 6.45) is 8.06. The van der Waals surface area contributed by atoms with Crippen LogP contribution in [0.15, 0.2) is 36.7 Å². The van der Waals surface area contributed by atoms with Crippen molar-refractivity contribution in [3.8, 4) is 0 Å². The molecular weight excluding hydrogens is 432 g/mol. The monoisotopic (exact) mass is 461 g/mol. The van der Waals surface area contributed by atoms with Crippen LogP contribution in [0.5, 0.6) is 0 Å². The lowest BCUT2D eigenvalue weighted by Gasteiger charge is -2.24. The molecule has 1 aromatic carbocycles. The number of carbonyl (C=O) groups is 2. The van der Waals surface area contributed by atoms with E-state index in [1.807, 2.05) is 4.57 Å². The molecule has 1 aliphatic heterocycles. The van der Waals surface area contributed by atoms with Gasteiger partial charge in [0.05, 0.1) is 6.04 Å². The molecule has 0 radical (unpaired) electrons. The highest BCUT2D eigenvalue weighted by molar-refractivity contribution is 5.99. The van der Waals surface area contributed by atoms with Gasteiger partial charge in [0.25, 0.3) is 0 Å². The molecule has 2 unspecified atom stereocenters. The molecule has 0 saturated carbocycles. The van der Waals surface area contributed by atoms with Gasteiger partial charge in [-0.15, -0.1) is 0 Å². The highest BCUT2D eigenvalue weighted by atomic mass is 19.1. The molecule has 1 saturated heterocycles. The first-order valence-electron chi connectivity index (χ1n) is 10.9. The van der Waals surface area contributed by atoms with E-state index in [9.17, 15) is 18.4 Å². The second-order valence-corrected chi connectivity index (χ2v) is 8.93. The predicted octanol–water partition coefficient (Wildman–Crippen LogP) is 4.58. The minimum Gasteiger partial charge on any atom is -0.444 e. The van der Waals surface area contributed by atoms with Crippen molar-refractivity contribution in [2.24, 2.45) is 0 Å². The molecule has 9 heteroatoms. The van der Waals surface area contributed by atoms with Gasteiger partial charge in [0, 0.05) is 31.5 Å². The molecule has 2 aromatic rings. The predicted molar refractivity (Wildman–Crippen MR) is 118 cm³/mol. The summed E-state index contributed by atoms with van der Waals surface area (Å²) >= 11 is 0. The maximum absolute atomic E-state index is 13.6. The molecule has 0 bridgehead atoms. The molecule has 2 heterocycles. The van der Waals surface area contributed by atoms with Crippen LogP contribution in [0.2, 0.25) is 0 Å². The average Bonchev–Trinajstić information content (AvgIpc) is 3.18. The van der Waals surface area contributed by atoms with E-state index in [0.717, 1.165) is 37.5 Å². The summed E-state index contributed by atoms with van der Waals surface area (Å²) in [5.41, 5.74) is -0.545. The Kier molecular flexibility index (Phi) is 7.97. The van der Waals surface area contributed by atoms with Gasteiger partial charge in [-0.3, -0.25) is 4.79 Å². The summed E-state index contributed by atoms with van der Waals surface area (Å²) in [6, 6.07) is 1.90. The van der Waals surface area contributed by atoms with Crippen LogP contribution in [0.4, 0.5) is 13.6 Å². The van der Waals surface area contributed by atoms with E-state index in [4.69, 9.17) is 9.47 Å². The van der Waals surface area contributed by atoms with Crippen molar-refractivity contribution in [2.45, 2.75) is 64.3 Å². The Labute approximate surface area is 191 Å². The van der Waals surface area contributed by atoms with E-state index in [1.54, 1.807) is 33.2 Å². The zero-order valence-corrected chi connectivity index (χ0v) is 19.0. The number of amides is 1. The molecule has 7 nitrogen and oxygen atoms in total. The average molecular weight is 462 g/mol. The fourth-order valence-corrected chi connectivity index (χ4v) is 3.55. The Morgan fingerprint density at radius 1 is 1.27 bits per heavy atom. The lowest BCUT2D eigenvalue weighted by atomic mass is 10.0. The first-order valence-corrected chi connectivity index (χ1v) is 10.9. The summed E-state index contributed by atoms with van der Waals surface area (Å²) in [5.74, 6) is -1.47. The minimum absolute atomic E-state index is 0.114. The number of carbonyl (C=O) groups excluding carboxylic acids is 2. The van der Waals surface area contributed by atoms with Crippen molar-refractivity contribution < 1.29 is 27.8 Å². The topological polar surface area (TPSA) is 82.5 Å². The van der Waals surface area contributed by atoms with Gasteiger partial charge in [-0.2, -0.15) is 0 Å². The van der Waals surface area contributed by atoms with E-state index in [2.05, 4.69) is 10.3 Å². The van der Waals surface area contributed by atoms with Crippen molar-refractivity contribution in [2.75, 3.05) is 6.61 Å². The van der Waals surface area contributed by atoms with E-state index in [1.165, 1.54) is 12.2 Å². The summed E-state index contributed by atoms with van der Waals surface area (Å²) in [6.45, 7) is 5.74. The van der Waals surface area contributed by atoms with Crippen molar-refractivity contribution in [1.29, 1.82) is 0 Å². The third kappa shape index (κ3) is 7.49. The van der Waals surface area contributed by atoms with Gasteiger partial charge in [-0.05, 0) is 69.9 Å². The lowest BCUT2D eigenvalue weighted by Crippen LogP contribution is -2.44. The Morgan fingerprint density at radius 2 is 2.00 bits per heavy atom. The van der Waals surface area contributed by atoms with Crippen molar-refractivity contribution in [1.82, 2.24) is 14.9 Å². The zero-order valence-electron chi connectivity index (χ0n) is 19.0. The van der Waals surface area contributed by atoms with Crippen LogP contribution < -0.4 is 5.32 Å². The number of ketones is 1. The van der Waals surface area contributed by atoms with Crippen LogP contribution >= 0.6 is 0 Å². The van der Waals surface area contributed by atoms with Crippen molar-refractivity contribution >= 4 is 18.0 Å². The highest BCUT2D eigenvalue weighted by Gasteiger charge is 2.24. The molecule has 3 rings (SSSR count). The largest absolute Gasteiger partial charge is 0.444 e. The second kappa shape index (κ2) is 10.7. The van der Waals surface area contributed by atoms with Crippen LogP contribution in [0.25, 0.3) is 6.08 Å². The summed E-state index contributed by atoms with van der Waals surface area (Å²) < 4.78 is 40.2. The Balaban J connectivity index is 1.78. The molecule has 1 fully saturated rings. The molecule has 0 spiro atoms. The summed E-state index contributed by atoms with van der Waals surface area (Å²) in [4.78, 5) is 29.6. The van der Waals surface area contributed by atoms with Crippen LogP contribution in [0.3, 0.4) is 0 Å². The second-order valence-electron chi connectivity index (χ2n) is 8.93. The van der Waals surface area contributed by atoms with E-state index in [0.29, 0.717) is 12.4 Å². The number of imidazole rings is 1. The van der Waals surface area contributed by atoms with Crippen LogP contribution in [0.1, 0.15) is 57.6 Å². The van der Waals surface area contributed by atoms with Gasteiger partial charge >= 0.3 is 6.09 Å². The van der Waals surface area contributed by atoms with Crippen molar-refractivity contribution in [3.05, 3.63) is 59.7 Å². The van der Waals surface area contributed by atoms with E-state index < -0.39 is 35.2 Å². The molecule has 33 heavy (non-hydrogen) atoms. The maximum Gasteiger partial charge on any atom is 0.408 e. The Hall–Kier alpha value is -3.07. The number of hydrogen-bond donors (Lipinski definition) is 1. The SMILES string of the molecule is CC(C)(C)OC(=O)NC(Cc1cc(F)cc(F)c1)C(=O)C=Cc1nccn1C1CCCCO1. The lowest BCUT2D eigenvalue weighted by molar-refractivity contribution is -0.116. The first kappa shape index (κ1) is 24.6. The smallest absolute Gasteiger partial charge is 0.408 e. The van der Waals surface area contributed by atoms with Gasteiger partial charge in [-0.1, -0.05) is 0 Å². The summed E-state index contributed by atoms with van der Waals surface area (Å²) in [7, 11) is 0. The van der Waals surface area contributed by atoms with Crippen LogP contribution in [0, 0.1) is 11.6 Å². The van der Waals surface area contributed by atoms with Gasteiger partial charge in [0.15, 0.2) is 5.78 Å². The van der Waals surface area contributed by atoms with Gasteiger partial charge < -0.3 is 19.4 Å². The molecular formula is C24H29F2N3O4. The number of ether oxygens (including phenoxy) is 2. The van der Waals surface area contributed by atoms with E-state index >= 15 is 0 Å². The molecule has 1 N–H and O–H groups in total. The summed E-state index contributed by atoms with van der Waals surface area (Å²) in [5, 5.41) is 2.51. The minimum atomic E-state index is -1.09. The molecule has 0 aliphatic carbocycles. The molecule has 1 aromatic heterocycles. The number of halogens is 2. The van der Waals surface area contributed by atoms with E-state index in [-0.39, 0.29) is 18.2 Å². The first-order chi connectivity index (χ1) is 15.6. The third-order valence-corrected chi connectivity index (χ3v) is 4.96. The van der Waals surface area contributed by atoms with Gasteiger partial charge in [-0.25, -0.2) is 18.6 Å². The van der Waals surface area contributed by atoms with Gasteiger partial charge in [0.2, 0.25) is 0 Å². The molecule has 2 atom stereocenters. The number of alkyl carbamates (subject to hydrolysis) is 1. The fourth-order valence-electron chi connectivity index (χ4n) is 3.55. The number of aromatic nitrogens is 2. The fraction of sp³-hybridized carbons (Fsp3) is 0.458. The number of nitrogens with zero attached hydrogens (tertiary/aromatic N) is 2. The molecule has 178 valence electrons. The Bertz CT molecular complexity index is 987. The Morgan fingerprint density at radius 3 is 2.64 bits per heavy atom. The maximum atomic E-state index is 13.6. The number of rotatable bonds is 7. The number of benzene rings is 1. The number of hydrogen-bond acceptors (Lipinski definition) is 5. The normalized spacial score (nSPS) is 17.7. The quantitative estimate of drug-likeness (QED) is 0.611. The standard InChI is InChI=1S/C24H29F2N3O4/c1-24(2,3)33-23(31)28-19(14-16-12-17(25)15-18(26)13-16)20(30)7-8-21-27-9-10-29(21)22-6-4-5-11-32-22/h7-10,12-13,15,19,22H,4-6,11,14H2,1-3H3,(H,28,31).